The average Bonchev–Trinajstić information content (AvgIpc) is 2.72. The first-order valence-electron chi connectivity index (χ1n) is 5.93. The summed E-state index contributed by atoms with van der Waals surface area (Å²) in [7, 11) is 2.21. The molecular formula is C11H23N3. The van der Waals surface area contributed by atoms with Gasteiger partial charge in [0.05, 0.1) is 0 Å². The van der Waals surface area contributed by atoms with E-state index in [1.165, 1.54) is 45.3 Å². The molecule has 1 heterocycles. The lowest BCUT2D eigenvalue weighted by atomic mass is 10.1. The van der Waals surface area contributed by atoms with E-state index in [9.17, 15) is 0 Å². The van der Waals surface area contributed by atoms with Gasteiger partial charge in [0.25, 0.3) is 0 Å². The van der Waals surface area contributed by atoms with Crippen LogP contribution in [0.5, 0.6) is 0 Å². The van der Waals surface area contributed by atoms with E-state index in [-0.39, 0.29) is 0 Å². The smallest absolute Gasteiger partial charge is 0.0219 e. The maximum absolute atomic E-state index is 6.02. The fourth-order valence-electron chi connectivity index (χ4n) is 2.75. The third kappa shape index (κ3) is 2.47. The lowest BCUT2D eigenvalue weighted by Crippen LogP contribution is -2.43. The predicted molar refractivity (Wildman–Crippen MR) is 59.2 cm³/mol. The lowest BCUT2D eigenvalue weighted by Gasteiger charge is -2.19. The second kappa shape index (κ2) is 4.60. The first kappa shape index (κ1) is 10.4. The molecule has 0 aromatic rings. The summed E-state index contributed by atoms with van der Waals surface area (Å²) in [5, 5.41) is 3.64. The van der Waals surface area contributed by atoms with Gasteiger partial charge in [-0.15, -0.1) is 0 Å². The normalized spacial score (nSPS) is 39.4. The van der Waals surface area contributed by atoms with Crippen molar-refractivity contribution in [3.8, 4) is 0 Å². The summed E-state index contributed by atoms with van der Waals surface area (Å²) in [5.41, 5.74) is 6.02. The van der Waals surface area contributed by atoms with Crippen molar-refractivity contribution in [2.75, 3.05) is 26.7 Å². The molecule has 0 spiro atoms. The first-order chi connectivity index (χ1) is 6.75. The summed E-state index contributed by atoms with van der Waals surface area (Å²) in [6.07, 6.45) is 5.15. The highest BCUT2D eigenvalue weighted by molar-refractivity contribution is 4.87. The van der Waals surface area contributed by atoms with Gasteiger partial charge in [0.15, 0.2) is 0 Å². The van der Waals surface area contributed by atoms with Gasteiger partial charge in [-0.05, 0) is 45.3 Å². The van der Waals surface area contributed by atoms with E-state index in [4.69, 9.17) is 5.73 Å². The second-order valence-electron chi connectivity index (χ2n) is 5.03. The molecule has 0 amide bonds. The Morgan fingerprint density at radius 1 is 1.36 bits per heavy atom. The Hall–Kier alpha value is -0.120. The number of nitrogens with zero attached hydrogens (tertiary/aromatic N) is 1. The minimum atomic E-state index is 0.411. The summed E-state index contributed by atoms with van der Waals surface area (Å²) < 4.78 is 0. The van der Waals surface area contributed by atoms with Crippen LogP contribution in [0.3, 0.4) is 0 Å². The van der Waals surface area contributed by atoms with Crippen LogP contribution in [0.25, 0.3) is 0 Å². The molecule has 1 saturated carbocycles. The molecule has 0 aromatic carbocycles. The van der Waals surface area contributed by atoms with Crippen LogP contribution in [0, 0.1) is 5.92 Å². The van der Waals surface area contributed by atoms with Gasteiger partial charge in [-0.1, -0.05) is 6.42 Å². The molecule has 2 fully saturated rings. The largest absolute Gasteiger partial charge is 0.326 e. The Kier molecular flexibility index (Phi) is 3.42. The van der Waals surface area contributed by atoms with Crippen molar-refractivity contribution in [1.29, 1.82) is 0 Å². The molecule has 3 unspecified atom stereocenters. The zero-order valence-electron chi connectivity index (χ0n) is 9.21. The lowest BCUT2D eigenvalue weighted by molar-refractivity contribution is 0.372. The highest BCUT2D eigenvalue weighted by Gasteiger charge is 2.25. The molecule has 82 valence electrons. The van der Waals surface area contributed by atoms with Crippen molar-refractivity contribution in [3.05, 3.63) is 0 Å². The molecule has 1 aliphatic carbocycles. The number of nitrogens with one attached hydrogen (secondary N) is 1. The third-order valence-corrected chi connectivity index (χ3v) is 3.73. The monoisotopic (exact) mass is 197 g/mol. The zero-order chi connectivity index (χ0) is 9.97. The van der Waals surface area contributed by atoms with E-state index >= 15 is 0 Å². The number of rotatable bonds is 3. The van der Waals surface area contributed by atoms with E-state index in [0.29, 0.717) is 12.1 Å². The van der Waals surface area contributed by atoms with Gasteiger partial charge < -0.3 is 16.0 Å². The molecule has 1 saturated heterocycles. The van der Waals surface area contributed by atoms with Crippen LogP contribution in [0.2, 0.25) is 0 Å². The average molecular weight is 197 g/mol. The van der Waals surface area contributed by atoms with Gasteiger partial charge >= 0.3 is 0 Å². The predicted octanol–water partition coefficient (Wildman–Crippen LogP) is 0.408. The third-order valence-electron chi connectivity index (χ3n) is 3.73. The molecule has 2 rings (SSSR count). The van der Waals surface area contributed by atoms with Crippen molar-refractivity contribution in [2.24, 2.45) is 11.7 Å². The molecule has 0 aromatic heterocycles. The molecule has 14 heavy (non-hydrogen) atoms. The van der Waals surface area contributed by atoms with Crippen LogP contribution in [0.15, 0.2) is 0 Å². The number of likely N-dealkylation sites (tertiary alicyclic amines) is 1. The van der Waals surface area contributed by atoms with Gasteiger partial charge in [-0.3, -0.25) is 0 Å². The van der Waals surface area contributed by atoms with Gasteiger partial charge in [0.1, 0.15) is 0 Å². The van der Waals surface area contributed by atoms with Crippen LogP contribution < -0.4 is 11.1 Å². The van der Waals surface area contributed by atoms with E-state index in [0.717, 1.165) is 5.92 Å². The van der Waals surface area contributed by atoms with Gasteiger partial charge in [0, 0.05) is 18.6 Å². The Labute approximate surface area is 87.0 Å². The standard InChI is InChI=1S/C11H23N3/c1-14-6-5-9(8-14)7-13-11-4-2-3-10(11)12/h9-11,13H,2-8,12H2,1H3. The summed E-state index contributed by atoms with van der Waals surface area (Å²) in [6.45, 7) is 3.70. The van der Waals surface area contributed by atoms with Crippen LogP contribution >= 0.6 is 0 Å². The molecule has 3 heteroatoms. The Bertz CT molecular complexity index is 183. The minimum Gasteiger partial charge on any atom is -0.326 e. The first-order valence-corrected chi connectivity index (χ1v) is 5.93. The maximum Gasteiger partial charge on any atom is 0.0219 e. The molecule has 3 N–H and O–H groups in total. The second-order valence-corrected chi connectivity index (χ2v) is 5.03. The molecular weight excluding hydrogens is 174 g/mol. The van der Waals surface area contributed by atoms with Gasteiger partial charge in [-0.25, -0.2) is 0 Å². The van der Waals surface area contributed by atoms with Crippen molar-refractivity contribution in [2.45, 2.75) is 37.8 Å². The summed E-state index contributed by atoms with van der Waals surface area (Å²) >= 11 is 0. The Morgan fingerprint density at radius 2 is 2.21 bits per heavy atom. The summed E-state index contributed by atoms with van der Waals surface area (Å²) in [6, 6.07) is 1.01. The summed E-state index contributed by atoms with van der Waals surface area (Å²) in [4.78, 5) is 2.42. The van der Waals surface area contributed by atoms with Gasteiger partial charge in [-0.2, -0.15) is 0 Å². The van der Waals surface area contributed by atoms with E-state index in [1.807, 2.05) is 0 Å². The van der Waals surface area contributed by atoms with Crippen LogP contribution in [0.1, 0.15) is 25.7 Å². The fourth-order valence-corrected chi connectivity index (χ4v) is 2.75. The molecule has 3 nitrogen and oxygen atoms in total. The molecule has 2 aliphatic rings. The fraction of sp³-hybridized carbons (Fsp3) is 1.00. The number of hydrogen-bond acceptors (Lipinski definition) is 3. The quantitative estimate of drug-likeness (QED) is 0.688. The van der Waals surface area contributed by atoms with E-state index in [1.54, 1.807) is 0 Å². The number of nitrogens with two attached hydrogens (primary N) is 1. The molecule has 0 radical (unpaired) electrons. The van der Waals surface area contributed by atoms with Gasteiger partial charge in [0.2, 0.25) is 0 Å². The molecule has 0 bridgehead atoms. The topological polar surface area (TPSA) is 41.3 Å². The Morgan fingerprint density at radius 3 is 2.79 bits per heavy atom. The maximum atomic E-state index is 6.02. The summed E-state index contributed by atoms with van der Waals surface area (Å²) in [5.74, 6) is 0.854. The Balaban J connectivity index is 1.67. The SMILES string of the molecule is CN1CCC(CNC2CCCC2N)C1. The minimum absolute atomic E-state index is 0.411. The van der Waals surface area contributed by atoms with Crippen molar-refractivity contribution >= 4 is 0 Å². The van der Waals surface area contributed by atoms with Crippen molar-refractivity contribution in [1.82, 2.24) is 10.2 Å². The molecule has 3 atom stereocenters. The molecule has 1 aliphatic heterocycles. The number of hydrogen-bond donors (Lipinski definition) is 2. The highest BCUT2D eigenvalue weighted by atomic mass is 15.1. The van der Waals surface area contributed by atoms with E-state index < -0.39 is 0 Å². The van der Waals surface area contributed by atoms with Crippen LogP contribution in [-0.4, -0.2) is 43.7 Å². The van der Waals surface area contributed by atoms with Crippen LogP contribution in [0.4, 0.5) is 0 Å². The zero-order valence-corrected chi connectivity index (χ0v) is 9.21. The van der Waals surface area contributed by atoms with Crippen molar-refractivity contribution < 1.29 is 0 Å². The highest BCUT2D eigenvalue weighted by Crippen LogP contribution is 2.19. The van der Waals surface area contributed by atoms with Crippen LogP contribution in [-0.2, 0) is 0 Å². The van der Waals surface area contributed by atoms with E-state index in [2.05, 4.69) is 17.3 Å². The van der Waals surface area contributed by atoms with Crippen molar-refractivity contribution in [3.63, 3.8) is 0 Å².